The number of carbonyl (C=O) groups excluding carboxylic acids is 2. The molecule has 0 aliphatic carbocycles. The molecule has 4 heterocycles. The molecular formula is C22H24N6O3. The Labute approximate surface area is 179 Å². The maximum absolute atomic E-state index is 12.9. The van der Waals surface area contributed by atoms with E-state index in [1.165, 1.54) is 0 Å². The van der Waals surface area contributed by atoms with Crippen molar-refractivity contribution in [1.82, 2.24) is 24.2 Å². The van der Waals surface area contributed by atoms with Crippen LogP contribution in [0, 0.1) is 11.8 Å². The first kappa shape index (κ1) is 19.3. The van der Waals surface area contributed by atoms with Gasteiger partial charge in [0.05, 0.1) is 7.11 Å². The molecule has 0 radical (unpaired) electrons. The van der Waals surface area contributed by atoms with E-state index < -0.39 is 0 Å². The van der Waals surface area contributed by atoms with Crippen molar-refractivity contribution in [3.63, 3.8) is 0 Å². The Bertz CT molecular complexity index is 1130. The topological polar surface area (TPSA) is 94.3 Å². The zero-order valence-electron chi connectivity index (χ0n) is 17.5. The van der Waals surface area contributed by atoms with Gasteiger partial charge in [-0.15, -0.1) is 10.2 Å². The van der Waals surface area contributed by atoms with Crippen molar-refractivity contribution in [1.29, 1.82) is 0 Å². The highest BCUT2D eigenvalue weighted by atomic mass is 16.5. The van der Waals surface area contributed by atoms with E-state index in [9.17, 15) is 9.59 Å². The van der Waals surface area contributed by atoms with Crippen molar-refractivity contribution in [3.8, 4) is 5.75 Å². The van der Waals surface area contributed by atoms with Gasteiger partial charge in [-0.25, -0.2) is 0 Å². The smallest absolute Gasteiger partial charge is 0.293 e. The minimum atomic E-state index is -0.294. The Kier molecular flexibility index (Phi) is 4.72. The van der Waals surface area contributed by atoms with Crippen molar-refractivity contribution in [2.24, 2.45) is 18.9 Å². The van der Waals surface area contributed by atoms with E-state index in [0.717, 1.165) is 11.6 Å². The molecule has 2 aliphatic heterocycles. The Morgan fingerprint density at radius 2 is 1.84 bits per heavy atom. The number of anilines is 1. The molecule has 0 bridgehead atoms. The Balaban J connectivity index is 1.29. The number of fused-ring (bicyclic) bond motifs is 2. The van der Waals surface area contributed by atoms with Gasteiger partial charge >= 0.3 is 0 Å². The number of hydrogen-bond acceptors (Lipinski definition) is 5. The first-order chi connectivity index (χ1) is 15.0. The molecular weight excluding hydrogens is 396 g/mol. The summed E-state index contributed by atoms with van der Waals surface area (Å²) in [6, 6.07) is 10.9. The molecule has 1 saturated heterocycles. The van der Waals surface area contributed by atoms with Gasteiger partial charge in [0.15, 0.2) is 0 Å². The zero-order chi connectivity index (χ0) is 21.5. The Morgan fingerprint density at radius 1 is 1.06 bits per heavy atom. The molecule has 1 fully saturated rings. The van der Waals surface area contributed by atoms with Gasteiger partial charge in [0, 0.05) is 45.0 Å². The maximum atomic E-state index is 12.9. The number of methoxy groups -OCH3 is 1. The van der Waals surface area contributed by atoms with Gasteiger partial charge in [-0.3, -0.25) is 9.59 Å². The fourth-order valence-corrected chi connectivity index (χ4v) is 4.56. The summed E-state index contributed by atoms with van der Waals surface area (Å²) in [6.45, 7) is 2.01. The Morgan fingerprint density at radius 3 is 2.55 bits per heavy atom. The number of amides is 2. The maximum Gasteiger partial charge on any atom is 0.293 e. The summed E-state index contributed by atoms with van der Waals surface area (Å²) in [6.07, 6.45) is 2.59. The van der Waals surface area contributed by atoms with Crippen molar-refractivity contribution < 1.29 is 14.3 Å². The SMILES string of the molecule is COc1ccc(NC(=O)c2nnc3n2C[C@@H]2CN(C(=O)c4cccn4C)C[C@H]2C3)cc1. The summed E-state index contributed by atoms with van der Waals surface area (Å²) in [7, 11) is 3.48. The van der Waals surface area contributed by atoms with E-state index in [0.29, 0.717) is 49.2 Å². The number of likely N-dealkylation sites (tertiary alicyclic amines) is 1. The third-order valence-corrected chi connectivity index (χ3v) is 6.27. The summed E-state index contributed by atoms with van der Waals surface area (Å²) < 4.78 is 8.90. The molecule has 160 valence electrons. The summed E-state index contributed by atoms with van der Waals surface area (Å²) in [5.74, 6) is 2.19. The lowest BCUT2D eigenvalue weighted by Crippen LogP contribution is -2.31. The summed E-state index contributed by atoms with van der Waals surface area (Å²) in [4.78, 5) is 27.6. The van der Waals surface area contributed by atoms with E-state index in [4.69, 9.17) is 4.74 Å². The van der Waals surface area contributed by atoms with E-state index in [2.05, 4.69) is 15.5 Å². The van der Waals surface area contributed by atoms with Crippen molar-refractivity contribution >= 4 is 17.5 Å². The molecule has 1 aromatic carbocycles. The molecule has 0 spiro atoms. The number of nitrogens with one attached hydrogen (secondary N) is 1. The molecule has 2 aliphatic rings. The minimum Gasteiger partial charge on any atom is -0.497 e. The third kappa shape index (κ3) is 3.45. The lowest BCUT2D eigenvalue weighted by atomic mass is 9.89. The second-order valence-electron chi connectivity index (χ2n) is 8.17. The molecule has 9 heteroatoms. The van der Waals surface area contributed by atoms with Gasteiger partial charge in [-0.1, -0.05) is 0 Å². The molecule has 2 atom stereocenters. The van der Waals surface area contributed by atoms with Crippen LogP contribution in [0.15, 0.2) is 42.6 Å². The highest BCUT2D eigenvalue weighted by molar-refractivity contribution is 6.01. The van der Waals surface area contributed by atoms with Crippen LogP contribution in [0.25, 0.3) is 0 Å². The summed E-state index contributed by atoms with van der Waals surface area (Å²) in [5.41, 5.74) is 1.36. The van der Waals surface area contributed by atoms with Crippen LogP contribution in [0.2, 0.25) is 0 Å². The predicted molar refractivity (Wildman–Crippen MR) is 113 cm³/mol. The number of ether oxygens (including phenoxy) is 1. The second kappa shape index (κ2) is 7.57. The second-order valence-corrected chi connectivity index (χ2v) is 8.17. The molecule has 5 rings (SSSR count). The van der Waals surface area contributed by atoms with Crippen LogP contribution in [0.4, 0.5) is 5.69 Å². The van der Waals surface area contributed by atoms with Crippen molar-refractivity contribution in [2.75, 3.05) is 25.5 Å². The monoisotopic (exact) mass is 420 g/mol. The van der Waals surface area contributed by atoms with Crippen LogP contribution in [0.5, 0.6) is 5.75 Å². The lowest BCUT2D eigenvalue weighted by Gasteiger charge is -2.25. The fourth-order valence-electron chi connectivity index (χ4n) is 4.56. The number of aryl methyl sites for hydroxylation is 1. The average Bonchev–Trinajstić information content (AvgIpc) is 3.49. The number of nitrogens with zero attached hydrogens (tertiary/aromatic N) is 5. The molecule has 31 heavy (non-hydrogen) atoms. The molecule has 0 unspecified atom stereocenters. The zero-order valence-corrected chi connectivity index (χ0v) is 17.5. The molecule has 2 aromatic heterocycles. The third-order valence-electron chi connectivity index (χ3n) is 6.27. The van der Waals surface area contributed by atoms with Crippen LogP contribution in [-0.4, -0.2) is 56.2 Å². The Hall–Kier alpha value is -3.62. The standard InChI is InChI=1S/C22H24N6O3/c1-26-9-3-4-18(26)22(30)27-11-14-10-19-24-25-20(28(19)13-15(14)12-27)21(29)23-16-5-7-17(31-2)8-6-16/h3-9,14-15H,10-13H2,1-2H3,(H,23,29)/t14-,15+/m1/s1. The molecule has 1 N–H and O–H groups in total. The number of rotatable bonds is 4. The van der Waals surface area contributed by atoms with Gasteiger partial charge in [0.25, 0.3) is 11.8 Å². The highest BCUT2D eigenvalue weighted by Crippen LogP contribution is 2.33. The number of aromatic nitrogens is 4. The number of hydrogen-bond donors (Lipinski definition) is 1. The summed E-state index contributed by atoms with van der Waals surface area (Å²) in [5, 5.41) is 11.3. The van der Waals surface area contributed by atoms with E-state index in [1.807, 2.05) is 39.4 Å². The van der Waals surface area contributed by atoms with E-state index in [1.54, 1.807) is 31.4 Å². The van der Waals surface area contributed by atoms with Crippen LogP contribution in [0.1, 0.15) is 26.9 Å². The first-order valence-electron chi connectivity index (χ1n) is 10.3. The van der Waals surface area contributed by atoms with Gasteiger partial charge < -0.3 is 24.1 Å². The molecule has 2 amide bonds. The van der Waals surface area contributed by atoms with E-state index in [-0.39, 0.29) is 17.7 Å². The first-order valence-corrected chi connectivity index (χ1v) is 10.3. The molecule has 0 saturated carbocycles. The minimum absolute atomic E-state index is 0.0511. The molecule has 9 nitrogen and oxygen atoms in total. The summed E-state index contributed by atoms with van der Waals surface area (Å²) >= 11 is 0. The number of benzene rings is 1. The van der Waals surface area contributed by atoms with Crippen LogP contribution >= 0.6 is 0 Å². The van der Waals surface area contributed by atoms with Crippen molar-refractivity contribution in [2.45, 2.75) is 13.0 Å². The van der Waals surface area contributed by atoms with Gasteiger partial charge in [-0.05, 0) is 48.2 Å². The van der Waals surface area contributed by atoms with Crippen LogP contribution in [-0.2, 0) is 20.0 Å². The van der Waals surface area contributed by atoms with Crippen molar-refractivity contribution in [3.05, 3.63) is 59.9 Å². The quantitative estimate of drug-likeness (QED) is 0.695. The van der Waals surface area contributed by atoms with Gasteiger partial charge in [0.2, 0.25) is 5.82 Å². The fraction of sp³-hybridized carbons (Fsp3) is 0.364. The normalized spacial score (nSPS) is 19.6. The van der Waals surface area contributed by atoms with E-state index >= 15 is 0 Å². The van der Waals surface area contributed by atoms with Gasteiger partial charge in [0.1, 0.15) is 17.3 Å². The number of carbonyl (C=O) groups is 2. The van der Waals surface area contributed by atoms with Crippen LogP contribution in [0.3, 0.4) is 0 Å². The average molecular weight is 420 g/mol. The predicted octanol–water partition coefficient (Wildman–Crippen LogP) is 1.82. The molecule has 3 aromatic rings. The van der Waals surface area contributed by atoms with Crippen LogP contribution < -0.4 is 10.1 Å². The highest BCUT2D eigenvalue weighted by Gasteiger charge is 2.41. The lowest BCUT2D eigenvalue weighted by molar-refractivity contribution is 0.0773. The van der Waals surface area contributed by atoms with Gasteiger partial charge in [-0.2, -0.15) is 0 Å². The largest absolute Gasteiger partial charge is 0.497 e.